The summed E-state index contributed by atoms with van der Waals surface area (Å²) in [5.41, 5.74) is 4.52. The second-order valence-corrected chi connectivity index (χ2v) is 5.73. The number of nitrogens with zero attached hydrogens (tertiary/aromatic N) is 3. The number of aryl methyl sites for hydroxylation is 2. The molecule has 104 valence electrons. The molecule has 0 aliphatic rings. The number of halogens is 1. The lowest BCUT2D eigenvalue weighted by Crippen LogP contribution is -2.10. The Morgan fingerprint density at radius 2 is 2.00 bits per heavy atom. The van der Waals surface area contributed by atoms with E-state index >= 15 is 0 Å². The minimum absolute atomic E-state index is 0.787. The lowest BCUT2D eigenvalue weighted by atomic mass is 10.1. The zero-order valence-electron chi connectivity index (χ0n) is 11.8. The first-order valence-corrected chi connectivity index (χ1v) is 7.33. The molecule has 5 heteroatoms. The Bertz CT molecular complexity index is 770. The van der Waals surface area contributed by atoms with Gasteiger partial charge in [0.2, 0.25) is 0 Å². The molecule has 0 unspecified atom stereocenters. The quantitative estimate of drug-likeness (QED) is 0.799. The van der Waals surface area contributed by atoms with Gasteiger partial charge in [0.1, 0.15) is 5.69 Å². The fraction of sp³-hybridized carbons (Fsp3) is 0.267. The van der Waals surface area contributed by atoms with Crippen LogP contribution in [0.5, 0.6) is 0 Å². The van der Waals surface area contributed by atoms with Crippen LogP contribution >= 0.6 is 15.9 Å². The van der Waals surface area contributed by atoms with Crippen molar-refractivity contribution in [3.8, 4) is 11.3 Å². The van der Waals surface area contributed by atoms with Crippen molar-refractivity contribution in [2.45, 2.75) is 6.54 Å². The van der Waals surface area contributed by atoms with Crippen LogP contribution in [0.15, 0.2) is 34.9 Å². The maximum atomic E-state index is 4.68. The summed E-state index contributed by atoms with van der Waals surface area (Å²) in [4.78, 5) is 0. The summed E-state index contributed by atoms with van der Waals surface area (Å²) in [5, 5.41) is 9.08. The van der Waals surface area contributed by atoms with E-state index in [0.29, 0.717) is 0 Å². The molecule has 0 amide bonds. The number of para-hydroxylation sites is 1. The number of nitrogens with one attached hydrogen (secondary N) is 1. The minimum atomic E-state index is 0.787. The Kier molecular flexibility index (Phi) is 3.40. The average molecular weight is 333 g/mol. The highest BCUT2D eigenvalue weighted by molar-refractivity contribution is 9.10. The minimum Gasteiger partial charge on any atom is -0.350 e. The number of hydrogen-bond acceptors (Lipinski definition) is 2. The summed E-state index contributed by atoms with van der Waals surface area (Å²) in [5.74, 6) is 0. The van der Waals surface area contributed by atoms with E-state index in [9.17, 15) is 0 Å². The fourth-order valence-electron chi connectivity index (χ4n) is 2.59. The van der Waals surface area contributed by atoms with Crippen LogP contribution in [-0.2, 0) is 20.6 Å². The molecule has 20 heavy (non-hydrogen) atoms. The van der Waals surface area contributed by atoms with Crippen LogP contribution in [0.4, 0.5) is 0 Å². The average Bonchev–Trinajstić information content (AvgIpc) is 2.92. The van der Waals surface area contributed by atoms with Crippen LogP contribution in [0.2, 0.25) is 0 Å². The number of aromatic nitrogens is 3. The first-order chi connectivity index (χ1) is 9.63. The first-order valence-electron chi connectivity index (χ1n) is 6.54. The van der Waals surface area contributed by atoms with E-state index in [0.717, 1.165) is 28.0 Å². The van der Waals surface area contributed by atoms with Gasteiger partial charge in [0.25, 0.3) is 0 Å². The van der Waals surface area contributed by atoms with E-state index in [1.54, 1.807) is 0 Å². The fourth-order valence-corrected chi connectivity index (χ4v) is 3.28. The smallest absolute Gasteiger partial charge is 0.109 e. The molecule has 0 bridgehead atoms. The Morgan fingerprint density at radius 1 is 1.25 bits per heavy atom. The van der Waals surface area contributed by atoms with E-state index < -0.39 is 0 Å². The van der Waals surface area contributed by atoms with Crippen molar-refractivity contribution in [3.63, 3.8) is 0 Å². The summed E-state index contributed by atoms with van der Waals surface area (Å²) < 4.78 is 5.13. The predicted molar refractivity (Wildman–Crippen MR) is 85.6 cm³/mol. The number of fused-ring (bicyclic) bond motifs is 1. The zero-order valence-corrected chi connectivity index (χ0v) is 13.4. The van der Waals surface area contributed by atoms with E-state index in [1.807, 2.05) is 18.8 Å². The van der Waals surface area contributed by atoms with Gasteiger partial charge in [0, 0.05) is 43.3 Å². The maximum Gasteiger partial charge on any atom is 0.109 e. The number of rotatable bonds is 3. The van der Waals surface area contributed by atoms with Crippen molar-refractivity contribution in [1.29, 1.82) is 0 Å². The van der Waals surface area contributed by atoms with E-state index in [-0.39, 0.29) is 0 Å². The van der Waals surface area contributed by atoms with Crippen LogP contribution in [0, 0.1) is 0 Å². The van der Waals surface area contributed by atoms with Crippen molar-refractivity contribution >= 4 is 26.8 Å². The molecule has 0 atom stereocenters. The van der Waals surface area contributed by atoms with Crippen LogP contribution in [0.1, 0.15) is 5.69 Å². The molecule has 4 nitrogen and oxygen atoms in total. The molecule has 0 aliphatic carbocycles. The van der Waals surface area contributed by atoms with E-state index in [2.05, 4.69) is 68.4 Å². The molecule has 0 saturated carbocycles. The van der Waals surface area contributed by atoms with E-state index in [1.165, 1.54) is 10.9 Å². The van der Waals surface area contributed by atoms with Gasteiger partial charge in [-0.2, -0.15) is 5.10 Å². The van der Waals surface area contributed by atoms with Gasteiger partial charge in [-0.3, -0.25) is 4.68 Å². The molecule has 1 aromatic carbocycles. The molecule has 3 rings (SSSR count). The molecule has 0 spiro atoms. The third-order valence-electron chi connectivity index (χ3n) is 3.60. The van der Waals surface area contributed by atoms with Gasteiger partial charge in [0.15, 0.2) is 0 Å². The van der Waals surface area contributed by atoms with Crippen molar-refractivity contribution in [1.82, 2.24) is 19.7 Å². The molecule has 2 aromatic heterocycles. The largest absolute Gasteiger partial charge is 0.350 e. The lowest BCUT2D eigenvalue weighted by molar-refractivity contribution is 0.671. The van der Waals surface area contributed by atoms with E-state index in [4.69, 9.17) is 0 Å². The third-order valence-corrected chi connectivity index (χ3v) is 4.43. The zero-order chi connectivity index (χ0) is 14.3. The Hall–Kier alpha value is -1.59. The second kappa shape index (κ2) is 5.07. The molecular weight excluding hydrogens is 316 g/mol. The highest BCUT2D eigenvalue weighted by Gasteiger charge is 2.18. The maximum absolute atomic E-state index is 4.68. The van der Waals surface area contributed by atoms with Crippen molar-refractivity contribution in [2.75, 3.05) is 7.05 Å². The van der Waals surface area contributed by atoms with Gasteiger partial charge >= 0.3 is 0 Å². The molecular formula is C15H17BrN4. The Labute approximate surface area is 126 Å². The summed E-state index contributed by atoms with van der Waals surface area (Å²) in [7, 11) is 5.99. The number of hydrogen-bond donors (Lipinski definition) is 1. The van der Waals surface area contributed by atoms with Gasteiger partial charge in [-0.05, 0) is 29.0 Å². The lowest BCUT2D eigenvalue weighted by Gasteiger charge is -2.00. The van der Waals surface area contributed by atoms with Crippen molar-refractivity contribution in [3.05, 3.63) is 40.6 Å². The summed E-state index contributed by atoms with van der Waals surface area (Å²) in [6.45, 7) is 0.787. The van der Waals surface area contributed by atoms with Crippen LogP contribution < -0.4 is 5.32 Å². The molecule has 0 saturated heterocycles. The normalized spacial score (nSPS) is 11.4. The second-order valence-electron chi connectivity index (χ2n) is 4.93. The predicted octanol–water partition coefficient (Wildman–Crippen LogP) is 3.06. The standard InChI is InChI=1S/C15H17BrN4/c1-17-8-13-14(16)15(18-20(13)3)11-9-19(2)12-7-5-4-6-10(11)12/h4-7,9,17H,8H2,1-3H3. The van der Waals surface area contributed by atoms with Gasteiger partial charge in [-0.25, -0.2) is 0 Å². The summed E-state index contributed by atoms with van der Waals surface area (Å²) in [6, 6.07) is 8.40. The topological polar surface area (TPSA) is 34.8 Å². The van der Waals surface area contributed by atoms with Crippen LogP contribution in [-0.4, -0.2) is 21.4 Å². The number of benzene rings is 1. The van der Waals surface area contributed by atoms with Gasteiger partial charge in [-0.1, -0.05) is 18.2 Å². The van der Waals surface area contributed by atoms with Crippen LogP contribution in [0.3, 0.4) is 0 Å². The Balaban J connectivity index is 2.24. The Morgan fingerprint density at radius 3 is 2.75 bits per heavy atom. The van der Waals surface area contributed by atoms with Gasteiger partial charge in [-0.15, -0.1) is 0 Å². The van der Waals surface area contributed by atoms with Crippen molar-refractivity contribution in [2.24, 2.45) is 14.1 Å². The summed E-state index contributed by atoms with van der Waals surface area (Å²) in [6.07, 6.45) is 2.14. The van der Waals surface area contributed by atoms with Gasteiger partial charge in [0.05, 0.1) is 10.2 Å². The SMILES string of the molecule is CNCc1c(Br)c(-c2cn(C)c3ccccc23)nn1C. The monoisotopic (exact) mass is 332 g/mol. The molecule has 0 aliphatic heterocycles. The molecule has 0 fully saturated rings. The highest BCUT2D eigenvalue weighted by Crippen LogP contribution is 2.35. The highest BCUT2D eigenvalue weighted by atomic mass is 79.9. The summed E-state index contributed by atoms with van der Waals surface area (Å²) >= 11 is 3.70. The van der Waals surface area contributed by atoms with Crippen molar-refractivity contribution < 1.29 is 0 Å². The third kappa shape index (κ3) is 1.98. The molecule has 3 aromatic rings. The molecule has 1 N–H and O–H groups in total. The first kappa shape index (κ1) is 13.4. The molecule has 0 radical (unpaired) electrons. The van der Waals surface area contributed by atoms with Gasteiger partial charge < -0.3 is 9.88 Å². The van der Waals surface area contributed by atoms with Crippen LogP contribution in [0.25, 0.3) is 22.2 Å². The molecule has 2 heterocycles.